The van der Waals surface area contributed by atoms with Crippen molar-refractivity contribution in [2.75, 3.05) is 6.54 Å². The molecule has 0 radical (unpaired) electrons. The van der Waals surface area contributed by atoms with Crippen molar-refractivity contribution in [3.8, 4) is 0 Å². The average Bonchev–Trinajstić information content (AvgIpc) is 2.62. The highest BCUT2D eigenvalue weighted by Gasteiger charge is 2.50. The lowest BCUT2D eigenvalue weighted by Gasteiger charge is -2.25. The van der Waals surface area contributed by atoms with Crippen LogP contribution in [-0.2, 0) is 10.3 Å². The Morgan fingerprint density at radius 3 is 2.29 bits per heavy atom. The Morgan fingerprint density at radius 2 is 1.82 bits per heavy atom. The molecule has 0 aliphatic carbocycles. The van der Waals surface area contributed by atoms with Gasteiger partial charge in [0.15, 0.2) is 0 Å². The van der Waals surface area contributed by atoms with E-state index >= 15 is 0 Å². The first-order valence-electron chi connectivity index (χ1n) is 5.85. The van der Waals surface area contributed by atoms with Crippen LogP contribution in [-0.4, -0.2) is 23.4 Å². The van der Waals surface area contributed by atoms with Crippen molar-refractivity contribution in [2.24, 2.45) is 0 Å². The first-order chi connectivity index (χ1) is 8.15. The predicted octanol–water partition coefficient (Wildman–Crippen LogP) is 1.86. The van der Waals surface area contributed by atoms with Crippen LogP contribution in [0.5, 0.6) is 0 Å². The SMILES string of the molecule is CCN1C(=O)NC(CC)(c2ccccc2)C1=O. The molecule has 1 aromatic rings. The molecule has 0 bridgehead atoms. The van der Waals surface area contributed by atoms with E-state index in [0.717, 1.165) is 5.56 Å². The van der Waals surface area contributed by atoms with Gasteiger partial charge < -0.3 is 5.32 Å². The van der Waals surface area contributed by atoms with E-state index in [-0.39, 0.29) is 11.9 Å². The minimum absolute atomic E-state index is 0.154. The molecular formula is C13H16N2O2. The summed E-state index contributed by atoms with van der Waals surface area (Å²) < 4.78 is 0. The number of hydrogen-bond acceptors (Lipinski definition) is 2. The molecule has 17 heavy (non-hydrogen) atoms. The van der Waals surface area contributed by atoms with E-state index in [0.29, 0.717) is 13.0 Å². The van der Waals surface area contributed by atoms with Crippen molar-refractivity contribution >= 4 is 11.9 Å². The molecule has 1 unspecified atom stereocenters. The number of amides is 3. The van der Waals surface area contributed by atoms with Gasteiger partial charge in [-0.3, -0.25) is 9.69 Å². The van der Waals surface area contributed by atoms with Gasteiger partial charge in [0.25, 0.3) is 5.91 Å². The van der Waals surface area contributed by atoms with Crippen LogP contribution in [0.3, 0.4) is 0 Å². The van der Waals surface area contributed by atoms with E-state index < -0.39 is 5.54 Å². The lowest BCUT2D eigenvalue weighted by atomic mass is 9.87. The van der Waals surface area contributed by atoms with Crippen LogP contribution in [0, 0.1) is 0 Å². The Morgan fingerprint density at radius 1 is 1.18 bits per heavy atom. The Hall–Kier alpha value is -1.84. The molecule has 1 heterocycles. The van der Waals surface area contributed by atoms with Gasteiger partial charge in [0, 0.05) is 6.54 Å². The van der Waals surface area contributed by atoms with E-state index in [2.05, 4.69) is 5.32 Å². The number of hydrogen-bond donors (Lipinski definition) is 1. The van der Waals surface area contributed by atoms with Crippen molar-refractivity contribution in [3.63, 3.8) is 0 Å². The predicted molar refractivity (Wildman–Crippen MR) is 64.3 cm³/mol. The standard InChI is InChI=1S/C13H16N2O2/c1-3-13(10-8-6-5-7-9-10)11(16)15(4-2)12(17)14-13/h5-9H,3-4H2,1-2H3,(H,14,17). The van der Waals surface area contributed by atoms with Gasteiger partial charge in [-0.05, 0) is 18.9 Å². The minimum Gasteiger partial charge on any atom is -0.319 e. The molecule has 4 nitrogen and oxygen atoms in total. The summed E-state index contributed by atoms with van der Waals surface area (Å²) in [6.45, 7) is 4.11. The second-order valence-corrected chi connectivity index (χ2v) is 4.10. The van der Waals surface area contributed by atoms with Crippen molar-refractivity contribution in [3.05, 3.63) is 35.9 Å². The second kappa shape index (κ2) is 4.20. The number of nitrogens with one attached hydrogen (secondary N) is 1. The number of carbonyl (C=O) groups is 2. The first-order valence-corrected chi connectivity index (χ1v) is 5.85. The maximum absolute atomic E-state index is 12.3. The normalized spacial score (nSPS) is 24.0. The minimum atomic E-state index is -0.881. The molecule has 1 N–H and O–H groups in total. The van der Waals surface area contributed by atoms with Gasteiger partial charge in [-0.15, -0.1) is 0 Å². The van der Waals surface area contributed by atoms with Gasteiger partial charge in [0.1, 0.15) is 5.54 Å². The Bertz CT molecular complexity index is 444. The van der Waals surface area contributed by atoms with E-state index in [9.17, 15) is 9.59 Å². The summed E-state index contributed by atoms with van der Waals surface area (Å²) in [6.07, 6.45) is 0.554. The molecule has 0 saturated carbocycles. The molecule has 1 saturated heterocycles. The van der Waals surface area contributed by atoms with Gasteiger partial charge in [-0.2, -0.15) is 0 Å². The first kappa shape index (κ1) is 11.6. The lowest BCUT2D eigenvalue weighted by Crippen LogP contribution is -2.43. The molecule has 1 aliphatic heterocycles. The van der Waals surface area contributed by atoms with Crippen LogP contribution in [0.4, 0.5) is 4.79 Å². The fraction of sp³-hybridized carbons (Fsp3) is 0.385. The molecule has 90 valence electrons. The fourth-order valence-electron chi connectivity index (χ4n) is 2.28. The molecular weight excluding hydrogens is 216 g/mol. The Balaban J connectivity index is 2.47. The molecule has 1 aromatic carbocycles. The van der Waals surface area contributed by atoms with Crippen molar-refractivity contribution in [1.29, 1.82) is 0 Å². The number of likely N-dealkylation sites (N-methyl/N-ethyl adjacent to an activating group) is 1. The van der Waals surface area contributed by atoms with Gasteiger partial charge in [-0.1, -0.05) is 37.3 Å². The van der Waals surface area contributed by atoms with E-state index in [1.807, 2.05) is 37.3 Å². The zero-order valence-corrected chi connectivity index (χ0v) is 10.1. The van der Waals surface area contributed by atoms with Gasteiger partial charge in [0.05, 0.1) is 0 Å². The summed E-state index contributed by atoms with van der Waals surface area (Å²) in [5.41, 5.74) is -0.0363. The molecule has 4 heteroatoms. The van der Waals surface area contributed by atoms with Gasteiger partial charge in [-0.25, -0.2) is 4.79 Å². The zero-order chi connectivity index (χ0) is 12.5. The quantitative estimate of drug-likeness (QED) is 0.809. The summed E-state index contributed by atoms with van der Waals surface area (Å²) in [5, 5.41) is 2.82. The monoisotopic (exact) mass is 232 g/mol. The van der Waals surface area contributed by atoms with Crippen LogP contribution in [0.2, 0.25) is 0 Å². The number of carbonyl (C=O) groups excluding carboxylic acids is 2. The summed E-state index contributed by atoms with van der Waals surface area (Å²) in [4.78, 5) is 25.4. The van der Waals surface area contributed by atoms with Gasteiger partial charge in [0.2, 0.25) is 0 Å². The highest BCUT2D eigenvalue weighted by molar-refractivity contribution is 6.07. The van der Waals surface area contributed by atoms with Crippen molar-refractivity contribution < 1.29 is 9.59 Å². The zero-order valence-electron chi connectivity index (χ0n) is 10.1. The third-order valence-corrected chi connectivity index (χ3v) is 3.29. The van der Waals surface area contributed by atoms with Crippen LogP contribution in [0.25, 0.3) is 0 Å². The number of urea groups is 1. The molecule has 3 amide bonds. The third kappa shape index (κ3) is 1.60. The largest absolute Gasteiger partial charge is 0.325 e. The smallest absolute Gasteiger partial charge is 0.319 e. The average molecular weight is 232 g/mol. The van der Waals surface area contributed by atoms with Gasteiger partial charge >= 0.3 is 6.03 Å². The fourth-order valence-corrected chi connectivity index (χ4v) is 2.28. The number of benzene rings is 1. The summed E-state index contributed by atoms with van der Waals surface area (Å²) >= 11 is 0. The van der Waals surface area contributed by atoms with Crippen LogP contribution in [0.15, 0.2) is 30.3 Å². The van der Waals surface area contributed by atoms with Crippen LogP contribution in [0.1, 0.15) is 25.8 Å². The lowest BCUT2D eigenvalue weighted by molar-refractivity contribution is -0.131. The Labute approximate surface area is 101 Å². The van der Waals surface area contributed by atoms with Crippen molar-refractivity contribution in [2.45, 2.75) is 25.8 Å². The number of imide groups is 1. The molecule has 0 spiro atoms. The molecule has 2 rings (SSSR count). The summed E-state index contributed by atoms with van der Waals surface area (Å²) in [6, 6.07) is 9.10. The van der Waals surface area contributed by atoms with E-state index in [1.54, 1.807) is 6.92 Å². The van der Waals surface area contributed by atoms with E-state index in [4.69, 9.17) is 0 Å². The number of nitrogens with zero attached hydrogens (tertiary/aromatic N) is 1. The molecule has 1 fully saturated rings. The Kier molecular flexibility index (Phi) is 2.88. The maximum atomic E-state index is 12.3. The highest BCUT2D eigenvalue weighted by atomic mass is 16.2. The maximum Gasteiger partial charge on any atom is 0.325 e. The summed E-state index contributed by atoms with van der Waals surface area (Å²) in [5.74, 6) is -0.154. The third-order valence-electron chi connectivity index (χ3n) is 3.29. The molecule has 0 aromatic heterocycles. The summed E-state index contributed by atoms with van der Waals surface area (Å²) in [7, 11) is 0. The molecule has 1 atom stereocenters. The number of rotatable bonds is 3. The highest BCUT2D eigenvalue weighted by Crippen LogP contribution is 2.31. The van der Waals surface area contributed by atoms with Crippen LogP contribution >= 0.6 is 0 Å². The topological polar surface area (TPSA) is 49.4 Å². The van der Waals surface area contributed by atoms with E-state index in [1.165, 1.54) is 4.90 Å². The van der Waals surface area contributed by atoms with Crippen molar-refractivity contribution in [1.82, 2.24) is 10.2 Å². The second-order valence-electron chi connectivity index (χ2n) is 4.10. The molecule has 1 aliphatic rings. The van der Waals surface area contributed by atoms with Crippen LogP contribution < -0.4 is 5.32 Å².